The Morgan fingerprint density at radius 2 is 1.73 bits per heavy atom. The molecule has 33 heavy (non-hydrogen) atoms. The molecule has 1 aliphatic rings. The number of carbonyl (C=O) groups excluding carboxylic acids is 2. The average molecular weight is 450 g/mol. The number of nitrogens with zero attached hydrogens (tertiary/aromatic N) is 4. The molecule has 1 aromatic heterocycles. The van der Waals surface area contributed by atoms with Gasteiger partial charge in [-0.1, -0.05) is 48.5 Å². The van der Waals surface area contributed by atoms with E-state index in [1.54, 1.807) is 24.1 Å². The second-order valence-electron chi connectivity index (χ2n) is 7.66. The molecule has 0 spiro atoms. The van der Waals surface area contributed by atoms with Crippen molar-refractivity contribution in [2.24, 2.45) is 0 Å². The molecule has 0 saturated carbocycles. The van der Waals surface area contributed by atoms with Crippen LogP contribution in [0.15, 0.2) is 60.7 Å². The second kappa shape index (κ2) is 10.7. The number of ether oxygens (including phenoxy) is 2. The van der Waals surface area contributed by atoms with Crippen molar-refractivity contribution in [3.8, 4) is 5.75 Å². The molecule has 1 aliphatic heterocycles. The number of rotatable bonds is 8. The van der Waals surface area contributed by atoms with Gasteiger partial charge in [-0.05, 0) is 17.7 Å². The molecule has 1 atom stereocenters. The SMILES string of the molecule is CO[C@H](C(=O)N1CCc2nnc(CNC(=O)COc3ccccc3)n2CC1)c1ccccc1. The minimum Gasteiger partial charge on any atom is -0.484 e. The van der Waals surface area contributed by atoms with Crippen LogP contribution < -0.4 is 10.1 Å². The zero-order valence-corrected chi connectivity index (χ0v) is 18.5. The summed E-state index contributed by atoms with van der Waals surface area (Å²) < 4.78 is 12.9. The van der Waals surface area contributed by atoms with E-state index in [4.69, 9.17) is 9.47 Å². The maximum Gasteiger partial charge on any atom is 0.258 e. The number of amides is 2. The zero-order valence-electron chi connectivity index (χ0n) is 18.5. The molecule has 1 N–H and O–H groups in total. The molecule has 4 rings (SSSR count). The molecule has 0 unspecified atom stereocenters. The fraction of sp³-hybridized carbons (Fsp3) is 0.333. The average Bonchev–Trinajstić information content (AvgIpc) is 3.12. The monoisotopic (exact) mass is 449 g/mol. The summed E-state index contributed by atoms with van der Waals surface area (Å²) in [6, 6.07) is 18.6. The second-order valence-corrected chi connectivity index (χ2v) is 7.66. The highest BCUT2D eigenvalue weighted by atomic mass is 16.5. The van der Waals surface area contributed by atoms with Crippen molar-refractivity contribution >= 4 is 11.8 Å². The highest BCUT2D eigenvalue weighted by Crippen LogP contribution is 2.21. The molecule has 0 bridgehead atoms. The van der Waals surface area contributed by atoms with Crippen molar-refractivity contribution in [1.82, 2.24) is 25.0 Å². The largest absolute Gasteiger partial charge is 0.484 e. The molecule has 2 amide bonds. The molecule has 2 aromatic carbocycles. The lowest BCUT2D eigenvalue weighted by Crippen LogP contribution is -2.38. The summed E-state index contributed by atoms with van der Waals surface area (Å²) in [5.74, 6) is 1.77. The van der Waals surface area contributed by atoms with Crippen LogP contribution in [0.5, 0.6) is 5.75 Å². The fourth-order valence-corrected chi connectivity index (χ4v) is 3.80. The maximum absolute atomic E-state index is 13.1. The first-order chi connectivity index (χ1) is 16.2. The lowest BCUT2D eigenvalue weighted by atomic mass is 10.1. The van der Waals surface area contributed by atoms with Gasteiger partial charge in [0.2, 0.25) is 0 Å². The molecular formula is C24H27N5O4. The number of fused-ring (bicyclic) bond motifs is 1. The van der Waals surface area contributed by atoms with Gasteiger partial charge in [-0.25, -0.2) is 0 Å². The van der Waals surface area contributed by atoms with E-state index in [-0.39, 0.29) is 25.0 Å². The molecule has 2 heterocycles. The van der Waals surface area contributed by atoms with Gasteiger partial charge in [-0.15, -0.1) is 10.2 Å². The number of hydrogen-bond acceptors (Lipinski definition) is 6. The van der Waals surface area contributed by atoms with Crippen molar-refractivity contribution in [3.63, 3.8) is 0 Å². The lowest BCUT2D eigenvalue weighted by molar-refractivity contribution is -0.142. The van der Waals surface area contributed by atoms with E-state index in [9.17, 15) is 9.59 Å². The predicted octanol–water partition coefficient (Wildman–Crippen LogP) is 1.75. The van der Waals surface area contributed by atoms with E-state index >= 15 is 0 Å². The number of benzene rings is 2. The van der Waals surface area contributed by atoms with Gasteiger partial charge in [0.25, 0.3) is 11.8 Å². The van der Waals surface area contributed by atoms with Crippen molar-refractivity contribution in [2.45, 2.75) is 25.6 Å². The molecule has 0 fully saturated rings. The Morgan fingerprint density at radius 1 is 1.00 bits per heavy atom. The van der Waals surface area contributed by atoms with Crippen molar-refractivity contribution in [2.75, 3.05) is 26.8 Å². The Morgan fingerprint density at radius 3 is 2.45 bits per heavy atom. The summed E-state index contributed by atoms with van der Waals surface area (Å²) in [4.78, 5) is 27.1. The quantitative estimate of drug-likeness (QED) is 0.563. The van der Waals surface area contributed by atoms with Gasteiger partial charge < -0.3 is 24.3 Å². The van der Waals surface area contributed by atoms with Crippen LogP contribution in [-0.4, -0.2) is 58.3 Å². The van der Waals surface area contributed by atoms with Gasteiger partial charge in [0.05, 0.1) is 6.54 Å². The number of methoxy groups -OCH3 is 1. The van der Waals surface area contributed by atoms with Crippen LogP contribution in [-0.2, 0) is 33.8 Å². The Labute approximate surface area is 192 Å². The summed E-state index contributed by atoms with van der Waals surface area (Å²) >= 11 is 0. The first-order valence-corrected chi connectivity index (χ1v) is 10.9. The van der Waals surface area contributed by atoms with Crippen LogP contribution in [0.4, 0.5) is 0 Å². The molecular weight excluding hydrogens is 422 g/mol. The minimum atomic E-state index is -0.641. The number of nitrogens with one attached hydrogen (secondary N) is 1. The van der Waals surface area contributed by atoms with Crippen LogP contribution >= 0.6 is 0 Å². The number of hydrogen-bond donors (Lipinski definition) is 1. The first kappa shape index (κ1) is 22.5. The van der Waals surface area contributed by atoms with Gasteiger partial charge >= 0.3 is 0 Å². The Bertz CT molecular complexity index is 1070. The fourth-order valence-electron chi connectivity index (χ4n) is 3.80. The van der Waals surface area contributed by atoms with E-state index in [0.717, 1.165) is 11.4 Å². The Kier molecular flexibility index (Phi) is 7.31. The number of aromatic nitrogens is 3. The van der Waals surface area contributed by atoms with Crippen LogP contribution in [0.3, 0.4) is 0 Å². The summed E-state index contributed by atoms with van der Waals surface area (Å²) in [7, 11) is 1.55. The van der Waals surface area contributed by atoms with Crippen molar-refractivity contribution in [3.05, 3.63) is 77.9 Å². The van der Waals surface area contributed by atoms with E-state index < -0.39 is 6.10 Å². The Balaban J connectivity index is 1.33. The molecule has 9 nitrogen and oxygen atoms in total. The Hall–Kier alpha value is -3.72. The highest BCUT2D eigenvalue weighted by Gasteiger charge is 2.28. The van der Waals surface area contributed by atoms with E-state index in [2.05, 4.69) is 15.5 Å². The first-order valence-electron chi connectivity index (χ1n) is 10.9. The predicted molar refractivity (Wildman–Crippen MR) is 120 cm³/mol. The van der Waals surface area contributed by atoms with Gasteiger partial charge in [-0.3, -0.25) is 9.59 Å². The van der Waals surface area contributed by atoms with Crippen LogP contribution in [0.2, 0.25) is 0 Å². The molecule has 9 heteroatoms. The van der Waals surface area contributed by atoms with Crippen LogP contribution in [0.1, 0.15) is 23.3 Å². The lowest BCUT2D eigenvalue weighted by Gasteiger charge is -2.25. The van der Waals surface area contributed by atoms with Gasteiger partial charge in [0.15, 0.2) is 18.5 Å². The van der Waals surface area contributed by atoms with Crippen molar-refractivity contribution < 1.29 is 19.1 Å². The van der Waals surface area contributed by atoms with Gasteiger partial charge in [-0.2, -0.15) is 0 Å². The molecule has 0 radical (unpaired) electrons. The topological polar surface area (TPSA) is 98.6 Å². The zero-order chi connectivity index (χ0) is 23.0. The van der Waals surface area contributed by atoms with Gasteiger partial charge in [0, 0.05) is 33.2 Å². The van der Waals surface area contributed by atoms with Crippen molar-refractivity contribution in [1.29, 1.82) is 0 Å². The third-order valence-electron chi connectivity index (χ3n) is 5.53. The third kappa shape index (κ3) is 5.56. The third-order valence-corrected chi connectivity index (χ3v) is 5.53. The van der Waals surface area contributed by atoms with Crippen LogP contribution in [0, 0.1) is 0 Å². The molecule has 0 saturated heterocycles. The van der Waals surface area contributed by atoms with E-state index in [0.29, 0.717) is 37.6 Å². The normalized spacial score (nSPS) is 14.2. The van der Waals surface area contributed by atoms with Gasteiger partial charge in [0.1, 0.15) is 11.6 Å². The van der Waals surface area contributed by atoms with Crippen LogP contribution in [0.25, 0.3) is 0 Å². The van der Waals surface area contributed by atoms with E-state index in [1.165, 1.54) is 0 Å². The molecule has 0 aliphatic carbocycles. The standard InChI is InChI=1S/C24H27N5O4/c1-32-23(18-8-4-2-5-9-18)24(31)28-13-12-20-26-27-21(29(20)15-14-28)16-25-22(30)17-33-19-10-6-3-7-11-19/h2-11,23H,12-17H2,1H3,(H,25,30)/t23-/m0/s1. The van der Waals surface area contributed by atoms with E-state index in [1.807, 2.05) is 53.1 Å². The maximum atomic E-state index is 13.1. The highest BCUT2D eigenvalue weighted by molar-refractivity contribution is 5.82. The number of para-hydroxylation sites is 1. The number of carbonyl (C=O) groups is 2. The smallest absolute Gasteiger partial charge is 0.258 e. The summed E-state index contributed by atoms with van der Waals surface area (Å²) in [5.41, 5.74) is 0.828. The molecule has 172 valence electrons. The summed E-state index contributed by atoms with van der Waals surface area (Å²) in [6.07, 6.45) is -0.0622. The summed E-state index contributed by atoms with van der Waals surface area (Å²) in [5, 5.41) is 11.3. The molecule has 3 aromatic rings. The summed E-state index contributed by atoms with van der Waals surface area (Å²) in [6.45, 7) is 1.74. The minimum absolute atomic E-state index is 0.0738.